The van der Waals surface area contributed by atoms with E-state index in [1.807, 2.05) is 6.08 Å². The van der Waals surface area contributed by atoms with Crippen LogP contribution in [0.3, 0.4) is 0 Å². The van der Waals surface area contributed by atoms with Crippen LogP contribution in [0.2, 0.25) is 0 Å². The van der Waals surface area contributed by atoms with Crippen LogP contribution in [0.4, 0.5) is 0 Å². The highest BCUT2D eigenvalue weighted by atomic mass is 16.4. The van der Waals surface area contributed by atoms with Crippen LogP contribution in [0.25, 0.3) is 0 Å². The fourth-order valence-electron chi connectivity index (χ4n) is 3.54. The molecule has 0 bridgehead atoms. The molecule has 2 rings (SSSR count). The van der Waals surface area contributed by atoms with Gasteiger partial charge >= 0.3 is 5.97 Å². The number of amides is 3. The number of carbonyl (C=O) groups is 4. The van der Waals surface area contributed by atoms with Gasteiger partial charge in [-0.1, -0.05) is 6.08 Å². The standard InChI is InChI=1S/C19H30N4O5/c1-13(24)22-16(19(27)28)11-21-18(26)15-3-2-10-23(12-15)17(25)5-4-14-6-8-20-9-7-14/h4-5,14-16,20H,2-3,6-12H2,1H3,(H,21,26)(H,22,24)(H,27,28)/b5-4+/t15-,16?/m1/s1. The molecule has 1 unspecified atom stereocenters. The maximum atomic E-state index is 12.5. The Bertz CT molecular complexity index is 615. The molecule has 2 aliphatic rings. The molecule has 0 aromatic heterocycles. The minimum atomic E-state index is -1.21. The second-order valence-electron chi connectivity index (χ2n) is 7.41. The molecule has 0 saturated carbocycles. The van der Waals surface area contributed by atoms with E-state index in [9.17, 15) is 19.2 Å². The molecule has 0 spiro atoms. The lowest BCUT2D eigenvalue weighted by Crippen LogP contribution is -2.50. The molecule has 2 atom stereocenters. The van der Waals surface area contributed by atoms with E-state index in [2.05, 4.69) is 16.0 Å². The Morgan fingerprint density at radius 3 is 2.57 bits per heavy atom. The maximum absolute atomic E-state index is 12.5. The first-order valence-electron chi connectivity index (χ1n) is 9.82. The third-order valence-corrected chi connectivity index (χ3v) is 5.15. The van der Waals surface area contributed by atoms with Gasteiger partial charge in [0.2, 0.25) is 17.7 Å². The number of carboxylic acid groups (broad SMARTS) is 1. The van der Waals surface area contributed by atoms with Gasteiger partial charge in [0.25, 0.3) is 0 Å². The minimum absolute atomic E-state index is 0.0855. The number of nitrogens with one attached hydrogen (secondary N) is 3. The van der Waals surface area contributed by atoms with Gasteiger partial charge in [0.1, 0.15) is 6.04 Å². The summed E-state index contributed by atoms with van der Waals surface area (Å²) in [4.78, 5) is 48.7. The Balaban J connectivity index is 1.83. The Morgan fingerprint density at radius 1 is 1.21 bits per heavy atom. The Kier molecular flexibility index (Phi) is 8.43. The van der Waals surface area contributed by atoms with E-state index in [-0.39, 0.29) is 24.3 Å². The van der Waals surface area contributed by atoms with Gasteiger partial charge in [-0.3, -0.25) is 14.4 Å². The summed E-state index contributed by atoms with van der Waals surface area (Å²) in [7, 11) is 0. The van der Waals surface area contributed by atoms with Gasteiger partial charge in [-0.15, -0.1) is 0 Å². The third kappa shape index (κ3) is 6.95. The molecule has 0 radical (unpaired) electrons. The quantitative estimate of drug-likeness (QED) is 0.431. The van der Waals surface area contributed by atoms with Crippen LogP contribution >= 0.6 is 0 Å². The van der Waals surface area contributed by atoms with Crippen molar-refractivity contribution < 1.29 is 24.3 Å². The van der Waals surface area contributed by atoms with Gasteiger partial charge in [-0.05, 0) is 50.8 Å². The van der Waals surface area contributed by atoms with Crippen molar-refractivity contribution in [1.82, 2.24) is 20.9 Å². The smallest absolute Gasteiger partial charge is 0.328 e. The highest BCUT2D eigenvalue weighted by molar-refractivity contribution is 5.89. The van der Waals surface area contributed by atoms with Crippen LogP contribution in [0, 0.1) is 11.8 Å². The summed E-state index contributed by atoms with van der Waals surface area (Å²) in [5, 5.41) is 17.2. The van der Waals surface area contributed by atoms with Gasteiger partial charge in [0.15, 0.2) is 0 Å². The van der Waals surface area contributed by atoms with Crippen LogP contribution in [-0.2, 0) is 19.2 Å². The van der Waals surface area contributed by atoms with Crippen molar-refractivity contribution in [2.75, 3.05) is 32.7 Å². The molecule has 3 amide bonds. The fourth-order valence-corrected chi connectivity index (χ4v) is 3.54. The molecule has 28 heavy (non-hydrogen) atoms. The average Bonchev–Trinajstić information content (AvgIpc) is 2.69. The van der Waals surface area contributed by atoms with Crippen LogP contribution in [-0.4, -0.2) is 72.5 Å². The van der Waals surface area contributed by atoms with Crippen LogP contribution in [0.15, 0.2) is 12.2 Å². The normalized spacial score (nSPS) is 21.9. The largest absolute Gasteiger partial charge is 0.480 e. The number of hydrogen-bond donors (Lipinski definition) is 4. The van der Waals surface area contributed by atoms with Gasteiger partial charge in [0.05, 0.1) is 5.92 Å². The van der Waals surface area contributed by atoms with Crippen molar-refractivity contribution >= 4 is 23.7 Å². The molecule has 9 nitrogen and oxygen atoms in total. The van der Waals surface area contributed by atoms with Crippen molar-refractivity contribution in [1.29, 1.82) is 0 Å². The number of allylic oxidation sites excluding steroid dienone is 1. The van der Waals surface area contributed by atoms with Crippen LogP contribution < -0.4 is 16.0 Å². The molecule has 2 heterocycles. The summed E-state index contributed by atoms with van der Waals surface area (Å²) in [6.07, 6.45) is 7.00. The first-order valence-corrected chi connectivity index (χ1v) is 9.82. The number of carboxylic acids is 1. The summed E-state index contributed by atoms with van der Waals surface area (Å²) >= 11 is 0. The second-order valence-corrected chi connectivity index (χ2v) is 7.41. The average molecular weight is 394 g/mol. The van der Waals surface area contributed by atoms with E-state index in [1.165, 1.54) is 6.92 Å². The highest BCUT2D eigenvalue weighted by Gasteiger charge is 2.29. The number of likely N-dealkylation sites (tertiary alicyclic amines) is 1. The molecule has 0 aromatic rings. The van der Waals surface area contributed by atoms with Gasteiger partial charge < -0.3 is 26.0 Å². The molecule has 2 aliphatic heterocycles. The topological polar surface area (TPSA) is 128 Å². The maximum Gasteiger partial charge on any atom is 0.328 e. The summed E-state index contributed by atoms with van der Waals surface area (Å²) < 4.78 is 0. The van der Waals surface area contributed by atoms with Crippen LogP contribution in [0.1, 0.15) is 32.6 Å². The number of hydrogen-bond acceptors (Lipinski definition) is 5. The first kappa shape index (κ1) is 21.9. The molecule has 2 saturated heterocycles. The predicted octanol–water partition coefficient (Wildman–Crippen LogP) is -0.514. The number of aliphatic carboxylic acids is 1. The van der Waals surface area contributed by atoms with Gasteiger partial charge in [-0.2, -0.15) is 0 Å². The number of carbonyl (C=O) groups excluding carboxylic acids is 3. The lowest BCUT2D eigenvalue weighted by molar-refractivity contribution is -0.141. The Labute approximate surface area is 164 Å². The number of rotatable bonds is 7. The molecule has 4 N–H and O–H groups in total. The molecule has 2 fully saturated rings. The zero-order valence-corrected chi connectivity index (χ0v) is 16.3. The van der Waals surface area contributed by atoms with E-state index in [0.29, 0.717) is 25.4 Å². The van der Waals surface area contributed by atoms with E-state index in [1.54, 1.807) is 11.0 Å². The summed E-state index contributed by atoms with van der Waals surface area (Å²) in [6.45, 7) is 3.89. The van der Waals surface area contributed by atoms with E-state index < -0.39 is 17.9 Å². The van der Waals surface area contributed by atoms with Gasteiger partial charge in [0, 0.05) is 26.6 Å². The van der Waals surface area contributed by atoms with Crippen molar-refractivity contribution in [3.63, 3.8) is 0 Å². The Hall–Kier alpha value is -2.42. The summed E-state index contributed by atoms with van der Waals surface area (Å²) in [6, 6.07) is -1.17. The van der Waals surface area contributed by atoms with E-state index in [0.717, 1.165) is 32.4 Å². The zero-order chi connectivity index (χ0) is 20.5. The van der Waals surface area contributed by atoms with E-state index >= 15 is 0 Å². The second kappa shape index (κ2) is 10.8. The van der Waals surface area contributed by atoms with Crippen molar-refractivity contribution in [3.8, 4) is 0 Å². The molecule has 9 heteroatoms. The van der Waals surface area contributed by atoms with Crippen LogP contribution in [0.5, 0.6) is 0 Å². The SMILES string of the molecule is CC(=O)NC(CNC(=O)[C@@H]1CCCN(C(=O)/C=C/C2CCNCC2)C1)C(=O)O. The monoisotopic (exact) mass is 394 g/mol. The highest BCUT2D eigenvalue weighted by Crippen LogP contribution is 2.18. The lowest BCUT2D eigenvalue weighted by atomic mass is 9.96. The fraction of sp³-hybridized carbons (Fsp3) is 0.684. The Morgan fingerprint density at radius 2 is 1.93 bits per heavy atom. The molecule has 0 aliphatic carbocycles. The number of nitrogens with zero attached hydrogens (tertiary/aromatic N) is 1. The third-order valence-electron chi connectivity index (χ3n) is 5.15. The first-order chi connectivity index (χ1) is 13.4. The molecular weight excluding hydrogens is 364 g/mol. The van der Waals surface area contributed by atoms with Crippen molar-refractivity contribution in [3.05, 3.63) is 12.2 Å². The van der Waals surface area contributed by atoms with Crippen molar-refractivity contribution in [2.45, 2.75) is 38.6 Å². The van der Waals surface area contributed by atoms with Gasteiger partial charge in [-0.25, -0.2) is 4.79 Å². The van der Waals surface area contributed by atoms with Crippen molar-refractivity contribution in [2.24, 2.45) is 11.8 Å². The predicted molar refractivity (Wildman–Crippen MR) is 102 cm³/mol. The molecule has 0 aromatic carbocycles. The minimum Gasteiger partial charge on any atom is -0.480 e. The lowest BCUT2D eigenvalue weighted by Gasteiger charge is -2.31. The zero-order valence-electron chi connectivity index (χ0n) is 16.3. The summed E-state index contributed by atoms with van der Waals surface area (Å²) in [5.74, 6) is -2.03. The molecular formula is C19H30N4O5. The summed E-state index contributed by atoms with van der Waals surface area (Å²) in [5.41, 5.74) is 0. The van der Waals surface area contributed by atoms with E-state index in [4.69, 9.17) is 5.11 Å². The molecule has 156 valence electrons. The number of piperidine rings is 2.